The number of nitrogens with zero attached hydrogens (tertiary/aromatic N) is 2. The molecule has 1 N–H and O–H groups in total. The summed E-state index contributed by atoms with van der Waals surface area (Å²) < 4.78 is 0. The summed E-state index contributed by atoms with van der Waals surface area (Å²) in [7, 11) is 0. The molecular weight excluding hydrogens is 370 g/mol. The van der Waals surface area contributed by atoms with Gasteiger partial charge in [-0.05, 0) is 60.5 Å². The molecule has 0 radical (unpaired) electrons. The van der Waals surface area contributed by atoms with Gasteiger partial charge < -0.3 is 5.32 Å². The van der Waals surface area contributed by atoms with E-state index < -0.39 is 0 Å². The summed E-state index contributed by atoms with van der Waals surface area (Å²) in [5, 5.41) is 4.96. The van der Waals surface area contributed by atoms with Crippen molar-refractivity contribution in [2.75, 3.05) is 5.32 Å². The molecule has 0 saturated carbocycles. The summed E-state index contributed by atoms with van der Waals surface area (Å²) in [5.74, 6) is 0.862. The number of halogens is 1. The highest BCUT2D eigenvalue weighted by molar-refractivity contribution is 6.30. The van der Waals surface area contributed by atoms with Gasteiger partial charge in [0.2, 0.25) is 0 Å². The van der Waals surface area contributed by atoms with Gasteiger partial charge in [-0.3, -0.25) is 4.79 Å². The van der Waals surface area contributed by atoms with Gasteiger partial charge in [0.1, 0.15) is 12.1 Å². The molecule has 4 rings (SSSR count). The van der Waals surface area contributed by atoms with Gasteiger partial charge in [-0.25, -0.2) is 9.97 Å². The highest BCUT2D eigenvalue weighted by atomic mass is 35.5. The first kappa shape index (κ1) is 18.1. The first-order valence-electron chi connectivity index (χ1n) is 9.03. The molecule has 0 aliphatic carbocycles. The van der Waals surface area contributed by atoms with E-state index in [0.717, 1.165) is 28.0 Å². The highest BCUT2D eigenvalue weighted by Crippen LogP contribution is 2.23. The summed E-state index contributed by atoms with van der Waals surface area (Å²) >= 11 is 5.89. The van der Waals surface area contributed by atoms with Crippen molar-refractivity contribution in [2.24, 2.45) is 0 Å². The van der Waals surface area contributed by atoms with E-state index in [1.54, 1.807) is 6.33 Å². The van der Waals surface area contributed by atoms with E-state index >= 15 is 0 Å². The fourth-order valence-corrected chi connectivity index (χ4v) is 3.16. The Bertz CT molecular complexity index is 1100. The van der Waals surface area contributed by atoms with Gasteiger partial charge in [0.25, 0.3) is 0 Å². The van der Waals surface area contributed by atoms with E-state index in [0.29, 0.717) is 23.4 Å². The third-order valence-electron chi connectivity index (χ3n) is 4.57. The van der Waals surface area contributed by atoms with Crippen molar-refractivity contribution in [2.45, 2.75) is 12.8 Å². The average Bonchev–Trinajstić information content (AvgIpc) is 2.74. The number of hydrogen-bond acceptors (Lipinski definition) is 4. The monoisotopic (exact) mass is 387 g/mol. The van der Waals surface area contributed by atoms with Gasteiger partial charge >= 0.3 is 0 Å². The number of para-hydroxylation sites is 1. The number of nitrogens with one attached hydrogen (secondary N) is 1. The molecule has 0 saturated heterocycles. The van der Waals surface area contributed by atoms with Crippen LogP contribution in [0.25, 0.3) is 10.9 Å². The van der Waals surface area contributed by atoms with Crippen LogP contribution in [0.3, 0.4) is 0 Å². The molecule has 1 aromatic heterocycles. The number of aromatic nitrogens is 2. The van der Waals surface area contributed by atoms with Gasteiger partial charge in [0.05, 0.1) is 5.52 Å². The van der Waals surface area contributed by atoms with E-state index in [4.69, 9.17) is 11.6 Å². The number of carbonyl (C=O) groups is 1. The van der Waals surface area contributed by atoms with Crippen molar-refractivity contribution in [3.8, 4) is 0 Å². The molecule has 4 aromatic rings. The molecule has 4 nitrogen and oxygen atoms in total. The van der Waals surface area contributed by atoms with Gasteiger partial charge in [-0.15, -0.1) is 0 Å². The van der Waals surface area contributed by atoms with Crippen molar-refractivity contribution in [1.82, 2.24) is 9.97 Å². The Balaban J connectivity index is 1.43. The number of anilines is 2. The van der Waals surface area contributed by atoms with Crippen LogP contribution in [-0.4, -0.2) is 15.8 Å². The Labute approximate surface area is 168 Å². The molecule has 0 unspecified atom stereocenters. The lowest BCUT2D eigenvalue weighted by Gasteiger charge is -2.09. The summed E-state index contributed by atoms with van der Waals surface area (Å²) in [6.45, 7) is 0. The molecule has 0 aliphatic heterocycles. The molecule has 0 amide bonds. The second-order valence-electron chi connectivity index (χ2n) is 6.49. The lowest BCUT2D eigenvalue weighted by Crippen LogP contribution is -2.02. The second kappa shape index (κ2) is 8.19. The Morgan fingerprint density at radius 3 is 2.43 bits per heavy atom. The minimum absolute atomic E-state index is 0.119. The van der Waals surface area contributed by atoms with E-state index in [1.807, 2.05) is 72.8 Å². The van der Waals surface area contributed by atoms with Crippen molar-refractivity contribution in [3.63, 3.8) is 0 Å². The standard InChI is InChI=1S/C23H18ClN3O/c24-18-10-5-16(6-11-18)7-14-22(28)17-8-12-19(13-9-17)27-23-20-3-1-2-4-21(20)25-15-26-23/h1-6,8-13,15H,7,14H2,(H,25,26,27). The maximum Gasteiger partial charge on any atom is 0.163 e. The molecule has 28 heavy (non-hydrogen) atoms. The number of carbonyl (C=O) groups excluding carboxylic acids is 1. The molecule has 0 fully saturated rings. The zero-order valence-electron chi connectivity index (χ0n) is 15.1. The third kappa shape index (κ3) is 4.18. The van der Waals surface area contributed by atoms with Crippen LogP contribution in [0.2, 0.25) is 5.02 Å². The molecular formula is C23H18ClN3O. The van der Waals surface area contributed by atoms with Crippen LogP contribution < -0.4 is 5.32 Å². The van der Waals surface area contributed by atoms with Gasteiger partial charge in [0.15, 0.2) is 5.78 Å². The van der Waals surface area contributed by atoms with Crippen LogP contribution in [0, 0.1) is 0 Å². The average molecular weight is 388 g/mol. The Kier molecular flexibility index (Phi) is 5.31. The number of aryl methyl sites for hydroxylation is 1. The van der Waals surface area contributed by atoms with Crippen LogP contribution in [0.1, 0.15) is 22.3 Å². The van der Waals surface area contributed by atoms with Crippen LogP contribution in [-0.2, 0) is 6.42 Å². The lowest BCUT2D eigenvalue weighted by atomic mass is 10.0. The summed E-state index contributed by atoms with van der Waals surface area (Å²) in [4.78, 5) is 21.1. The number of Topliss-reactive ketones (excluding diaryl/α,β-unsaturated/α-hetero) is 1. The van der Waals surface area contributed by atoms with Crippen molar-refractivity contribution in [1.29, 1.82) is 0 Å². The van der Waals surface area contributed by atoms with Crippen molar-refractivity contribution >= 4 is 39.8 Å². The number of rotatable bonds is 6. The zero-order valence-corrected chi connectivity index (χ0v) is 15.9. The van der Waals surface area contributed by atoms with Gasteiger partial charge in [-0.2, -0.15) is 0 Å². The zero-order chi connectivity index (χ0) is 19.3. The fourth-order valence-electron chi connectivity index (χ4n) is 3.03. The Morgan fingerprint density at radius 1 is 0.893 bits per heavy atom. The largest absolute Gasteiger partial charge is 0.340 e. The fraction of sp³-hybridized carbons (Fsp3) is 0.0870. The minimum Gasteiger partial charge on any atom is -0.340 e. The molecule has 3 aromatic carbocycles. The summed E-state index contributed by atoms with van der Waals surface area (Å²) in [5.41, 5.74) is 3.56. The van der Waals surface area contributed by atoms with E-state index in [-0.39, 0.29) is 5.78 Å². The van der Waals surface area contributed by atoms with Gasteiger partial charge in [-0.1, -0.05) is 35.9 Å². The van der Waals surface area contributed by atoms with Crippen LogP contribution in [0.4, 0.5) is 11.5 Å². The topological polar surface area (TPSA) is 54.9 Å². The van der Waals surface area contributed by atoms with Crippen LogP contribution >= 0.6 is 11.6 Å². The third-order valence-corrected chi connectivity index (χ3v) is 4.82. The quantitative estimate of drug-likeness (QED) is 0.422. The van der Waals surface area contributed by atoms with Crippen LogP contribution in [0.5, 0.6) is 0 Å². The number of hydrogen-bond donors (Lipinski definition) is 1. The molecule has 0 bridgehead atoms. The Morgan fingerprint density at radius 2 is 1.64 bits per heavy atom. The molecule has 0 atom stereocenters. The minimum atomic E-state index is 0.119. The second-order valence-corrected chi connectivity index (χ2v) is 6.93. The maximum atomic E-state index is 12.5. The predicted octanol–water partition coefficient (Wildman–Crippen LogP) is 5.84. The first-order chi connectivity index (χ1) is 13.7. The Hall–Kier alpha value is -3.24. The first-order valence-corrected chi connectivity index (χ1v) is 9.41. The van der Waals surface area contributed by atoms with Crippen molar-refractivity contribution in [3.05, 3.63) is 95.3 Å². The predicted molar refractivity (Wildman–Crippen MR) is 113 cm³/mol. The SMILES string of the molecule is O=C(CCc1ccc(Cl)cc1)c1ccc(Nc2ncnc3ccccc23)cc1. The lowest BCUT2D eigenvalue weighted by molar-refractivity contribution is 0.0983. The molecule has 5 heteroatoms. The highest BCUT2D eigenvalue weighted by Gasteiger charge is 2.08. The molecule has 1 heterocycles. The molecule has 138 valence electrons. The smallest absolute Gasteiger partial charge is 0.163 e. The normalized spacial score (nSPS) is 10.8. The van der Waals surface area contributed by atoms with Crippen molar-refractivity contribution < 1.29 is 4.79 Å². The number of benzene rings is 3. The van der Waals surface area contributed by atoms with E-state index in [2.05, 4.69) is 15.3 Å². The maximum absolute atomic E-state index is 12.5. The summed E-state index contributed by atoms with van der Waals surface area (Å²) in [6, 6.07) is 22.9. The number of ketones is 1. The summed E-state index contributed by atoms with van der Waals surface area (Å²) in [6.07, 6.45) is 2.70. The van der Waals surface area contributed by atoms with E-state index in [9.17, 15) is 4.79 Å². The molecule has 0 spiro atoms. The molecule has 0 aliphatic rings. The van der Waals surface area contributed by atoms with E-state index in [1.165, 1.54) is 0 Å². The van der Waals surface area contributed by atoms with Gasteiger partial charge in [0, 0.05) is 28.1 Å². The van der Waals surface area contributed by atoms with Crippen LogP contribution in [0.15, 0.2) is 79.1 Å². The number of fused-ring (bicyclic) bond motifs is 1.